The number of nitrogens with zero attached hydrogens (tertiary/aromatic N) is 3. The van der Waals surface area contributed by atoms with Crippen LogP contribution in [-0.2, 0) is 27.7 Å². The van der Waals surface area contributed by atoms with E-state index in [0.29, 0.717) is 23.3 Å². The van der Waals surface area contributed by atoms with Crippen LogP contribution in [0.3, 0.4) is 0 Å². The first kappa shape index (κ1) is 16.6. The Morgan fingerprint density at radius 3 is 2.50 bits per heavy atom. The van der Waals surface area contributed by atoms with E-state index in [1.807, 2.05) is 51.1 Å². The molecule has 3 aromatic rings. The first-order valence-electron chi connectivity index (χ1n) is 7.60. The van der Waals surface area contributed by atoms with Crippen LogP contribution in [0.25, 0.3) is 11.5 Å². The van der Waals surface area contributed by atoms with Crippen molar-refractivity contribution in [3.8, 4) is 11.5 Å². The molecule has 1 unspecified atom stereocenters. The van der Waals surface area contributed by atoms with Crippen molar-refractivity contribution >= 4 is 10.8 Å². The summed E-state index contributed by atoms with van der Waals surface area (Å²) in [6.45, 7) is 6.00. The summed E-state index contributed by atoms with van der Waals surface area (Å²) in [5.74, 6) is 2.00. The molecule has 0 amide bonds. The summed E-state index contributed by atoms with van der Waals surface area (Å²) in [5, 5.41) is 3.94. The van der Waals surface area contributed by atoms with Crippen LogP contribution in [0.5, 0.6) is 0 Å². The molecule has 126 valence electrons. The molecule has 0 aliphatic carbocycles. The fourth-order valence-corrected chi connectivity index (χ4v) is 3.02. The fraction of sp³-hybridized carbons (Fsp3) is 0.353. The van der Waals surface area contributed by atoms with Crippen LogP contribution in [-0.4, -0.2) is 19.3 Å². The lowest BCUT2D eigenvalue weighted by molar-refractivity contribution is 0.372. The van der Waals surface area contributed by atoms with Gasteiger partial charge in [-0.3, -0.25) is 4.21 Å². The van der Waals surface area contributed by atoms with Gasteiger partial charge >= 0.3 is 0 Å². The molecule has 24 heavy (non-hydrogen) atoms. The Kier molecular flexibility index (Phi) is 4.62. The molecule has 0 aliphatic rings. The van der Waals surface area contributed by atoms with Gasteiger partial charge in [-0.05, 0) is 12.1 Å². The van der Waals surface area contributed by atoms with Crippen LogP contribution in [0.2, 0.25) is 0 Å². The Hall–Kier alpha value is -2.28. The molecule has 2 heterocycles. The van der Waals surface area contributed by atoms with E-state index in [1.54, 1.807) is 0 Å². The van der Waals surface area contributed by atoms with Crippen molar-refractivity contribution in [2.45, 2.75) is 37.7 Å². The SMILES string of the molecule is CC(C)(C)c1noc(CS(=O)Cc2coc(-c3ccccc3)n2)n1. The second-order valence-electron chi connectivity index (χ2n) is 6.50. The number of aromatic nitrogens is 3. The summed E-state index contributed by atoms with van der Waals surface area (Å²) in [6.07, 6.45) is 1.54. The maximum atomic E-state index is 12.3. The van der Waals surface area contributed by atoms with Gasteiger partial charge in [0.05, 0.1) is 11.4 Å². The standard InChI is InChI=1S/C17H19N3O3S/c1-17(2,3)16-19-14(23-20-16)11-24(21)10-13-9-22-15(18-13)12-7-5-4-6-8-12/h4-9H,10-11H2,1-3H3. The molecule has 0 aliphatic heterocycles. The molecule has 0 fully saturated rings. The molecular formula is C17H19N3O3S. The van der Waals surface area contributed by atoms with E-state index in [-0.39, 0.29) is 16.9 Å². The topological polar surface area (TPSA) is 82.0 Å². The third-order valence-electron chi connectivity index (χ3n) is 3.30. The van der Waals surface area contributed by atoms with Crippen molar-refractivity contribution in [3.05, 3.63) is 54.0 Å². The zero-order chi connectivity index (χ0) is 17.2. The lowest BCUT2D eigenvalue weighted by Gasteiger charge is -2.10. The summed E-state index contributed by atoms with van der Waals surface area (Å²) < 4.78 is 22.9. The molecule has 7 heteroatoms. The Labute approximate surface area is 142 Å². The maximum Gasteiger partial charge on any atom is 0.239 e. The highest BCUT2D eigenvalue weighted by Crippen LogP contribution is 2.20. The molecule has 0 saturated heterocycles. The van der Waals surface area contributed by atoms with Gasteiger partial charge in [-0.1, -0.05) is 44.1 Å². The van der Waals surface area contributed by atoms with Crippen LogP contribution in [0.4, 0.5) is 0 Å². The van der Waals surface area contributed by atoms with Crippen LogP contribution in [0.1, 0.15) is 38.2 Å². The monoisotopic (exact) mass is 345 g/mol. The van der Waals surface area contributed by atoms with Gasteiger partial charge in [-0.2, -0.15) is 4.98 Å². The average molecular weight is 345 g/mol. The Bertz CT molecular complexity index is 834. The molecule has 0 radical (unpaired) electrons. The van der Waals surface area contributed by atoms with Gasteiger partial charge in [0.2, 0.25) is 11.8 Å². The summed E-state index contributed by atoms with van der Waals surface area (Å²) >= 11 is 0. The first-order valence-corrected chi connectivity index (χ1v) is 9.08. The number of oxazole rings is 1. The highest BCUT2D eigenvalue weighted by Gasteiger charge is 2.22. The van der Waals surface area contributed by atoms with Crippen molar-refractivity contribution < 1.29 is 13.1 Å². The summed E-state index contributed by atoms with van der Waals surface area (Å²) in [5.41, 5.74) is 1.34. The van der Waals surface area contributed by atoms with Crippen molar-refractivity contribution in [1.82, 2.24) is 15.1 Å². The molecular weight excluding hydrogens is 326 g/mol. The van der Waals surface area contributed by atoms with Crippen LogP contribution in [0, 0.1) is 0 Å². The normalized spacial score (nSPS) is 13.1. The van der Waals surface area contributed by atoms with Crippen molar-refractivity contribution in [2.75, 3.05) is 0 Å². The van der Waals surface area contributed by atoms with E-state index in [4.69, 9.17) is 8.94 Å². The molecule has 2 aromatic heterocycles. The predicted molar refractivity (Wildman–Crippen MR) is 90.5 cm³/mol. The van der Waals surface area contributed by atoms with Crippen molar-refractivity contribution in [1.29, 1.82) is 0 Å². The van der Waals surface area contributed by atoms with Gasteiger partial charge in [0.25, 0.3) is 0 Å². The predicted octanol–water partition coefficient (Wildman–Crippen LogP) is 3.47. The molecule has 3 rings (SSSR count). The smallest absolute Gasteiger partial charge is 0.239 e. The van der Waals surface area contributed by atoms with Gasteiger partial charge in [-0.15, -0.1) is 0 Å². The highest BCUT2D eigenvalue weighted by atomic mass is 32.2. The first-order chi connectivity index (χ1) is 11.4. The average Bonchev–Trinajstić information content (AvgIpc) is 3.17. The molecule has 1 aromatic carbocycles. The zero-order valence-corrected chi connectivity index (χ0v) is 14.7. The Morgan fingerprint density at radius 2 is 1.83 bits per heavy atom. The van der Waals surface area contributed by atoms with Gasteiger partial charge < -0.3 is 8.94 Å². The highest BCUT2D eigenvalue weighted by molar-refractivity contribution is 7.83. The van der Waals surface area contributed by atoms with E-state index >= 15 is 0 Å². The van der Waals surface area contributed by atoms with E-state index in [0.717, 1.165) is 5.56 Å². The quantitative estimate of drug-likeness (QED) is 0.704. The second kappa shape index (κ2) is 6.68. The van der Waals surface area contributed by atoms with E-state index in [9.17, 15) is 4.21 Å². The van der Waals surface area contributed by atoms with E-state index in [2.05, 4.69) is 15.1 Å². The minimum atomic E-state index is -1.20. The van der Waals surface area contributed by atoms with Gasteiger partial charge in [0.1, 0.15) is 12.0 Å². The number of rotatable bonds is 5. The summed E-state index contributed by atoms with van der Waals surface area (Å²) in [6, 6.07) is 9.59. The third-order valence-corrected chi connectivity index (χ3v) is 4.49. The van der Waals surface area contributed by atoms with Crippen LogP contribution < -0.4 is 0 Å². The molecule has 0 N–H and O–H groups in total. The van der Waals surface area contributed by atoms with Gasteiger partial charge in [0, 0.05) is 21.8 Å². The lowest BCUT2D eigenvalue weighted by atomic mass is 9.96. The van der Waals surface area contributed by atoms with Crippen molar-refractivity contribution in [3.63, 3.8) is 0 Å². The minimum absolute atomic E-state index is 0.195. The summed E-state index contributed by atoms with van der Waals surface area (Å²) in [7, 11) is -1.20. The Morgan fingerprint density at radius 1 is 1.08 bits per heavy atom. The molecule has 0 spiro atoms. The second-order valence-corrected chi connectivity index (χ2v) is 7.96. The van der Waals surface area contributed by atoms with E-state index < -0.39 is 10.8 Å². The summed E-state index contributed by atoms with van der Waals surface area (Å²) in [4.78, 5) is 8.68. The maximum absolute atomic E-state index is 12.3. The number of hydrogen-bond acceptors (Lipinski definition) is 6. The van der Waals surface area contributed by atoms with Gasteiger partial charge in [0.15, 0.2) is 5.82 Å². The number of hydrogen-bond donors (Lipinski definition) is 0. The fourth-order valence-electron chi connectivity index (χ4n) is 2.06. The van der Waals surface area contributed by atoms with E-state index in [1.165, 1.54) is 6.26 Å². The van der Waals surface area contributed by atoms with Gasteiger partial charge in [-0.25, -0.2) is 4.98 Å². The lowest BCUT2D eigenvalue weighted by Crippen LogP contribution is -2.13. The minimum Gasteiger partial charge on any atom is -0.444 e. The molecule has 6 nitrogen and oxygen atoms in total. The molecule has 1 atom stereocenters. The largest absolute Gasteiger partial charge is 0.444 e. The van der Waals surface area contributed by atoms with Crippen molar-refractivity contribution in [2.24, 2.45) is 0 Å². The van der Waals surface area contributed by atoms with Crippen LogP contribution >= 0.6 is 0 Å². The Balaban J connectivity index is 1.63. The molecule has 0 bridgehead atoms. The zero-order valence-electron chi connectivity index (χ0n) is 13.9. The number of benzene rings is 1. The van der Waals surface area contributed by atoms with Crippen LogP contribution in [0.15, 0.2) is 45.5 Å². The molecule has 0 saturated carbocycles. The third kappa shape index (κ3) is 3.97.